The van der Waals surface area contributed by atoms with E-state index in [1.165, 1.54) is 0 Å². The van der Waals surface area contributed by atoms with Crippen molar-refractivity contribution in [2.24, 2.45) is 0 Å². The average molecular weight is 387 g/mol. The fourth-order valence-corrected chi connectivity index (χ4v) is 2.76. The minimum atomic E-state index is -4.56. The Morgan fingerprint density at radius 1 is 1.04 bits per heavy atom. The number of rotatable bonds is 4. The standard InChI is InChI=1S/C20H16F3N3O2/c1-11-7-14(13-4-3-12(2)16(10-13)18(27)28)9-15(8-11)25-19-24-6-5-17(26-19)20(21,22)23/h3-10H,1-2H3,(H,27,28)(H,24,25,26). The summed E-state index contributed by atoms with van der Waals surface area (Å²) < 4.78 is 38.5. The van der Waals surface area contributed by atoms with Gasteiger partial charge in [-0.1, -0.05) is 18.2 Å². The summed E-state index contributed by atoms with van der Waals surface area (Å²) in [5.41, 5.74) is 2.52. The zero-order valence-electron chi connectivity index (χ0n) is 15.0. The van der Waals surface area contributed by atoms with Crippen molar-refractivity contribution in [2.75, 3.05) is 5.32 Å². The largest absolute Gasteiger partial charge is 0.478 e. The number of alkyl halides is 3. The van der Waals surface area contributed by atoms with Crippen LogP contribution in [0, 0.1) is 13.8 Å². The van der Waals surface area contributed by atoms with Gasteiger partial charge in [-0.15, -0.1) is 0 Å². The van der Waals surface area contributed by atoms with Crippen LogP contribution in [-0.4, -0.2) is 21.0 Å². The maximum Gasteiger partial charge on any atom is 0.433 e. The lowest BCUT2D eigenvalue weighted by atomic mass is 9.98. The van der Waals surface area contributed by atoms with E-state index in [9.17, 15) is 23.1 Å². The number of aromatic nitrogens is 2. The van der Waals surface area contributed by atoms with Crippen LogP contribution in [0.5, 0.6) is 0 Å². The Labute approximate surface area is 158 Å². The van der Waals surface area contributed by atoms with Crippen LogP contribution in [0.3, 0.4) is 0 Å². The molecule has 0 saturated heterocycles. The molecule has 0 bridgehead atoms. The molecule has 0 fully saturated rings. The van der Waals surface area contributed by atoms with Crippen LogP contribution >= 0.6 is 0 Å². The Morgan fingerprint density at radius 3 is 2.46 bits per heavy atom. The van der Waals surface area contributed by atoms with Gasteiger partial charge in [0.15, 0.2) is 0 Å². The van der Waals surface area contributed by atoms with Crippen LogP contribution < -0.4 is 5.32 Å². The Hall–Kier alpha value is -3.42. The van der Waals surface area contributed by atoms with Gasteiger partial charge < -0.3 is 10.4 Å². The smallest absolute Gasteiger partial charge is 0.433 e. The number of aromatic carboxylic acids is 1. The van der Waals surface area contributed by atoms with Crippen molar-refractivity contribution >= 4 is 17.6 Å². The molecule has 1 heterocycles. The molecule has 2 aromatic carbocycles. The third-order valence-electron chi connectivity index (χ3n) is 4.08. The van der Waals surface area contributed by atoms with Crippen LogP contribution in [0.2, 0.25) is 0 Å². The van der Waals surface area contributed by atoms with Crippen LogP contribution in [-0.2, 0) is 6.18 Å². The van der Waals surface area contributed by atoms with Crippen molar-refractivity contribution < 1.29 is 23.1 Å². The predicted molar refractivity (Wildman–Crippen MR) is 98.6 cm³/mol. The Morgan fingerprint density at radius 2 is 1.79 bits per heavy atom. The molecular formula is C20H16F3N3O2. The fourth-order valence-electron chi connectivity index (χ4n) is 2.76. The lowest BCUT2D eigenvalue weighted by Crippen LogP contribution is -2.10. The van der Waals surface area contributed by atoms with E-state index in [0.29, 0.717) is 16.8 Å². The molecule has 5 nitrogen and oxygen atoms in total. The van der Waals surface area contributed by atoms with E-state index in [2.05, 4.69) is 15.3 Å². The van der Waals surface area contributed by atoms with Gasteiger partial charge in [0.25, 0.3) is 0 Å². The molecule has 0 aliphatic rings. The first-order valence-corrected chi connectivity index (χ1v) is 8.27. The molecule has 8 heteroatoms. The van der Waals surface area contributed by atoms with Crippen molar-refractivity contribution in [3.8, 4) is 11.1 Å². The van der Waals surface area contributed by atoms with E-state index in [1.54, 1.807) is 37.3 Å². The third-order valence-corrected chi connectivity index (χ3v) is 4.08. The summed E-state index contributed by atoms with van der Waals surface area (Å²) in [6, 6.07) is 11.2. The summed E-state index contributed by atoms with van der Waals surface area (Å²) in [7, 11) is 0. The van der Waals surface area contributed by atoms with E-state index in [1.807, 2.05) is 13.0 Å². The molecule has 0 spiro atoms. The van der Waals surface area contributed by atoms with Gasteiger partial charge in [-0.3, -0.25) is 0 Å². The first-order chi connectivity index (χ1) is 13.1. The second-order valence-corrected chi connectivity index (χ2v) is 6.31. The lowest BCUT2D eigenvalue weighted by molar-refractivity contribution is -0.141. The molecule has 0 saturated carbocycles. The number of carboxylic acid groups (broad SMARTS) is 1. The number of halogens is 3. The molecule has 0 aliphatic carbocycles. The van der Waals surface area contributed by atoms with Gasteiger partial charge in [0.2, 0.25) is 5.95 Å². The fraction of sp³-hybridized carbons (Fsp3) is 0.150. The van der Waals surface area contributed by atoms with E-state index >= 15 is 0 Å². The Balaban J connectivity index is 1.97. The molecule has 0 amide bonds. The summed E-state index contributed by atoms with van der Waals surface area (Å²) in [4.78, 5) is 18.7. The van der Waals surface area contributed by atoms with Gasteiger partial charge in [0.05, 0.1) is 5.56 Å². The summed E-state index contributed by atoms with van der Waals surface area (Å²) in [5.74, 6) is -1.20. The van der Waals surface area contributed by atoms with Gasteiger partial charge in [-0.2, -0.15) is 13.2 Å². The van der Waals surface area contributed by atoms with Crippen molar-refractivity contribution in [3.05, 3.63) is 71.0 Å². The molecule has 1 aromatic heterocycles. The first-order valence-electron chi connectivity index (χ1n) is 8.27. The quantitative estimate of drug-likeness (QED) is 0.642. The van der Waals surface area contributed by atoms with Crippen LogP contribution in [0.4, 0.5) is 24.8 Å². The van der Waals surface area contributed by atoms with Crippen LogP contribution in [0.25, 0.3) is 11.1 Å². The number of nitrogens with one attached hydrogen (secondary N) is 1. The zero-order valence-corrected chi connectivity index (χ0v) is 15.0. The van der Waals surface area contributed by atoms with E-state index in [4.69, 9.17) is 0 Å². The molecule has 3 aromatic rings. The van der Waals surface area contributed by atoms with Gasteiger partial charge in [-0.05, 0) is 60.4 Å². The molecule has 0 aliphatic heterocycles. The second-order valence-electron chi connectivity index (χ2n) is 6.31. The summed E-state index contributed by atoms with van der Waals surface area (Å²) >= 11 is 0. The zero-order chi connectivity index (χ0) is 20.5. The molecule has 2 N–H and O–H groups in total. The summed E-state index contributed by atoms with van der Waals surface area (Å²) in [5, 5.41) is 12.1. The molecule has 3 rings (SSSR count). The third kappa shape index (κ3) is 4.28. The maximum absolute atomic E-state index is 12.8. The minimum absolute atomic E-state index is 0.179. The number of carboxylic acids is 1. The van der Waals surface area contributed by atoms with Crippen molar-refractivity contribution in [3.63, 3.8) is 0 Å². The lowest BCUT2D eigenvalue weighted by Gasteiger charge is -2.12. The summed E-state index contributed by atoms with van der Waals surface area (Å²) in [6.07, 6.45) is -3.53. The van der Waals surface area contributed by atoms with Crippen molar-refractivity contribution in [1.82, 2.24) is 9.97 Å². The molecule has 0 atom stereocenters. The number of carbonyl (C=O) groups is 1. The highest BCUT2D eigenvalue weighted by molar-refractivity contribution is 5.91. The Kier molecular flexibility index (Phi) is 5.04. The number of hydrogen-bond acceptors (Lipinski definition) is 4. The molecular weight excluding hydrogens is 371 g/mol. The summed E-state index contributed by atoms with van der Waals surface area (Å²) in [6.45, 7) is 3.54. The molecule has 28 heavy (non-hydrogen) atoms. The van der Waals surface area contributed by atoms with Crippen LogP contribution in [0.1, 0.15) is 27.2 Å². The number of anilines is 2. The van der Waals surface area contributed by atoms with Gasteiger partial charge in [-0.25, -0.2) is 14.8 Å². The first kappa shape index (κ1) is 19.3. The SMILES string of the molecule is Cc1cc(Nc2nccc(C(F)(F)F)n2)cc(-c2ccc(C)c(C(=O)O)c2)c1. The highest BCUT2D eigenvalue weighted by atomic mass is 19.4. The van der Waals surface area contributed by atoms with Crippen LogP contribution in [0.15, 0.2) is 48.7 Å². The van der Waals surface area contributed by atoms with Gasteiger partial charge in [0, 0.05) is 11.9 Å². The number of benzene rings is 2. The van der Waals surface area contributed by atoms with Crippen molar-refractivity contribution in [2.45, 2.75) is 20.0 Å². The monoisotopic (exact) mass is 387 g/mol. The van der Waals surface area contributed by atoms with E-state index in [-0.39, 0.29) is 11.5 Å². The highest BCUT2D eigenvalue weighted by Gasteiger charge is 2.32. The molecule has 0 unspecified atom stereocenters. The predicted octanol–water partition coefficient (Wildman–Crippen LogP) is 5.22. The number of hydrogen-bond donors (Lipinski definition) is 2. The Bertz CT molecular complexity index is 1050. The molecule has 144 valence electrons. The topological polar surface area (TPSA) is 75.1 Å². The molecule has 0 radical (unpaired) electrons. The van der Waals surface area contributed by atoms with Gasteiger partial charge >= 0.3 is 12.1 Å². The van der Waals surface area contributed by atoms with E-state index in [0.717, 1.165) is 23.4 Å². The normalized spacial score (nSPS) is 11.3. The maximum atomic E-state index is 12.8. The second kappa shape index (κ2) is 7.30. The number of nitrogens with zero attached hydrogens (tertiary/aromatic N) is 2. The highest BCUT2D eigenvalue weighted by Crippen LogP contribution is 2.30. The van der Waals surface area contributed by atoms with Gasteiger partial charge in [0.1, 0.15) is 5.69 Å². The van der Waals surface area contributed by atoms with E-state index < -0.39 is 17.8 Å². The number of aryl methyl sites for hydroxylation is 2. The minimum Gasteiger partial charge on any atom is -0.478 e. The average Bonchev–Trinajstić information content (AvgIpc) is 2.61. The van der Waals surface area contributed by atoms with Crippen molar-refractivity contribution in [1.29, 1.82) is 0 Å².